The minimum Gasteiger partial charge on any atom is -0.493 e. The van der Waals surface area contributed by atoms with Gasteiger partial charge in [0.05, 0.1) is 25.9 Å². The number of nitrogens with zero attached hydrogens (tertiary/aromatic N) is 3. The summed E-state index contributed by atoms with van der Waals surface area (Å²) >= 11 is 0. The number of nitrogens with one attached hydrogen (secondary N) is 1. The van der Waals surface area contributed by atoms with Gasteiger partial charge < -0.3 is 19.7 Å². The number of likely N-dealkylation sites (N-methyl/N-ethyl adjacent to an activating group) is 1. The third-order valence-corrected chi connectivity index (χ3v) is 9.68. The van der Waals surface area contributed by atoms with Crippen LogP contribution in [0.25, 0.3) is 11.1 Å². The van der Waals surface area contributed by atoms with Crippen molar-refractivity contribution in [2.75, 3.05) is 38.0 Å². The van der Waals surface area contributed by atoms with E-state index in [1.807, 2.05) is 48.5 Å². The monoisotopic (exact) mass is 622 g/mol. The SMILES string of the molecule is COc1ccc([C@@]23CC[C@H](N(C(=O)Nc4ccc(F)c(F)c4)c4ccc(-c5cccc(C#N)c5)cc4)C[C@H]2N(C)CC3)cc1OC. The molecule has 46 heavy (non-hydrogen) atoms. The van der Waals surface area contributed by atoms with Crippen molar-refractivity contribution in [2.45, 2.75) is 43.2 Å². The highest BCUT2D eigenvalue weighted by Gasteiger charge is 2.52. The standard InChI is InChI=1S/C37H36F2N4O3/c1-42-18-17-37(27-9-14-33(45-2)34(20-27)46-3)16-15-30(22-35(37)42)43(36(44)41-28-10-13-31(38)32(39)21-28)29-11-7-25(8-12-29)26-6-4-5-24(19-26)23-40/h4-14,19-21,30,35H,15-18,22H2,1-3H3,(H,41,44)/t30-,35+,37-/m0/s1. The molecule has 2 aliphatic rings. The lowest BCUT2D eigenvalue weighted by molar-refractivity contribution is 0.164. The van der Waals surface area contributed by atoms with Crippen molar-refractivity contribution in [3.05, 3.63) is 108 Å². The summed E-state index contributed by atoms with van der Waals surface area (Å²) in [5, 5.41) is 12.2. The Labute approximate surface area is 268 Å². The van der Waals surface area contributed by atoms with Gasteiger partial charge in [-0.05, 0) is 104 Å². The highest BCUT2D eigenvalue weighted by atomic mass is 19.2. The quantitative estimate of drug-likeness (QED) is 0.228. The van der Waals surface area contributed by atoms with Crippen LogP contribution in [-0.4, -0.2) is 50.8 Å². The summed E-state index contributed by atoms with van der Waals surface area (Å²) in [4.78, 5) is 18.2. The van der Waals surface area contributed by atoms with E-state index in [1.54, 1.807) is 25.2 Å². The van der Waals surface area contributed by atoms with Crippen LogP contribution in [0.3, 0.4) is 0 Å². The second kappa shape index (κ2) is 12.8. The average Bonchev–Trinajstić information content (AvgIpc) is 3.43. The number of methoxy groups -OCH3 is 2. The van der Waals surface area contributed by atoms with E-state index in [0.29, 0.717) is 29.2 Å². The van der Waals surface area contributed by atoms with Gasteiger partial charge in [0.1, 0.15) is 0 Å². The number of hydrogen-bond donors (Lipinski definition) is 1. The largest absolute Gasteiger partial charge is 0.493 e. The maximum Gasteiger partial charge on any atom is 0.326 e. The Morgan fingerprint density at radius 2 is 1.72 bits per heavy atom. The van der Waals surface area contributed by atoms with Gasteiger partial charge >= 0.3 is 6.03 Å². The van der Waals surface area contributed by atoms with E-state index in [4.69, 9.17) is 9.47 Å². The molecule has 0 unspecified atom stereocenters. The van der Waals surface area contributed by atoms with E-state index >= 15 is 0 Å². The Hall–Kier alpha value is -4.94. The Balaban J connectivity index is 1.34. The molecule has 0 radical (unpaired) electrons. The van der Waals surface area contributed by atoms with E-state index in [1.165, 1.54) is 11.6 Å². The van der Waals surface area contributed by atoms with Crippen LogP contribution in [0.1, 0.15) is 36.8 Å². The lowest BCUT2D eigenvalue weighted by Gasteiger charge is -2.47. The van der Waals surface area contributed by atoms with Crippen LogP contribution >= 0.6 is 0 Å². The molecule has 4 aromatic carbocycles. The molecule has 1 saturated carbocycles. The molecule has 6 rings (SSSR count). The molecular formula is C37H36F2N4O3. The predicted molar refractivity (Wildman–Crippen MR) is 174 cm³/mol. The van der Waals surface area contributed by atoms with Crippen LogP contribution in [-0.2, 0) is 5.41 Å². The third kappa shape index (κ3) is 5.77. The van der Waals surface area contributed by atoms with E-state index in [2.05, 4.69) is 35.5 Å². The minimum absolute atomic E-state index is 0.122. The summed E-state index contributed by atoms with van der Waals surface area (Å²) in [6.45, 7) is 0.920. The van der Waals surface area contributed by atoms with Crippen LogP contribution in [0.2, 0.25) is 0 Å². The van der Waals surface area contributed by atoms with Gasteiger partial charge in [0.2, 0.25) is 0 Å². The first-order chi connectivity index (χ1) is 22.3. The molecule has 1 N–H and O–H groups in total. The molecule has 2 fully saturated rings. The molecule has 7 nitrogen and oxygen atoms in total. The molecule has 1 aliphatic carbocycles. The maximum atomic E-state index is 14.1. The summed E-state index contributed by atoms with van der Waals surface area (Å²) in [5.74, 6) is -0.632. The lowest BCUT2D eigenvalue weighted by Crippen LogP contribution is -2.54. The smallest absolute Gasteiger partial charge is 0.326 e. The third-order valence-electron chi connectivity index (χ3n) is 9.68. The second-order valence-corrected chi connectivity index (χ2v) is 12.1. The summed E-state index contributed by atoms with van der Waals surface area (Å²) in [6, 6.07) is 26.3. The number of carbonyl (C=O) groups excluding carboxylic acids is 1. The number of fused-ring (bicyclic) bond motifs is 1. The molecule has 0 bridgehead atoms. The number of nitriles is 1. The molecule has 1 heterocycles. The lowest BCUT2D eigenvalue weighted by atomic mass is 9.64. The van der Waals surface area contributed by atoms with Gasteiger partial charge in [0.25, 0.3) is 0 Å². The van der Waals surface area contributed by atoms with Crippen LogP contribution in [0.15, 0.2) is 84.9 Å². The fourth-order valence-corrected chi connectivity index (χ4v) is 7.31. The molecule has 236 valence electrons. The van der Waals surface area contributed by atoms with E-state index in [0.717, 1.165) is 49.1 Å². The van der Waals surface area contributed by atoms with E-state index in [-0.39, 0.29) is 23.2 Å². The fraction of sp³-hybridized carbons (Fsp3) is 0.297. The molecule has 9 heteroatoms. The van der Waals surface area contributed by atoms with Crippen molar-refractivity contribution in [3.8, 4) is 28.7 Å². The second-order valence-electron chi connectivity index (χ2n) is 12.1. The van der Waals surface area contributed by atoms with Crippen molar-refractivity contribution in [2.24, 2.45) is 0 Å². The molecule has 2 amide bonds. The first kappa shape index (κ1) is 31.1. The van der Waals surface area contributed by atoms with Gasteiger partial charge in [-0.25, -0.2) is 13.6 Å². The van der Waals surface area contributed by atoms with Gasteiger partial charge in [0, 0.05) is 34.9 Å². The number of likely N-dealkylation sites (tertiary alicyclic amines) is 1. The zero-order chi connectivity index (χ0) is 32.4. The van der Waals surface area contributed by atoms with Gasteiger partial charge in [-0.2, -0.15) is 5.26 Å². The number of ether oxygens (including phenoxy) is 2. The van der Waals surface area contributed by atoms with E-state index < -0.39 is 17.7 Å². The van der Waals surface area contributed by atoms with Crippen LogP contribution < -0.4 is 19.7 Å². The average molecular weight is 623 g/mol. The number of benzene rings is 4. The minimum atomic E-state index is -1.03. The van der Waals surface area contributed by atoms with Crippen LogP contribution in [0.5, 0.6) is 11.5 Å². The number of amides is 2. The first-order valence-electron chi connectivity index (χ1n) is 15.3. The number of carbonyl (C=O) groups is 1. The molecule has 4 aromatic rings. The Morgan fingerprint density at radius 3 is 2.43 bits per heavy atom. The van der Waals surface area contributed by atoms with Crippen LogP contribution in [0.4, 0.5) is 25.0 Å². The summed E-state index contributed by atoms with van der Waals surface area (Å²) in [5.41, 5.74) is 4.30. The number of urea groups is 1. The number of halogens is 2. The van der Waals surface area contributed by atoms with Crippen molar-refractivity contribution >= 4 is 17.4 Å². The summed E-state index contributed by atoms with van der Waals surface area (Å²) in [6.07, 6.45) is 3.27. The summed E-state index contributed by atoms with van der Waals surface area (Å²) in [7, 11) is 5.40. The topological polar surface area (TPSA) is 77.8 Å². The van der Waals surface area contributed by atoms with Gasteiger partial charge in [0.15, 0.2) is 23.1 Å². The molecule has 3 atom stereocenters. The summed E-state index contributed by atoms with van der Waals surface area (Å²) < 4.78 is 38.9. The zero-order valence-corrected chi connectivity index (χ0v) is 26.1. The predicted octanol–water partition coefficient (Wildman–Crippen LogP) is 7.75. The van der Waals surface area contributed by atoms with Gasteiger partial charge in [-0.15, -0.1) is 0 Å². The molecule has 1 aliphatic heterocycles. The van der Waals surface area contributed by atoms with Crippen LogP contribution in [0, 0.1) is 23.0 Å². The first-order valence-corrected chi connectivity index (χ1v) is 15.3. The highest BCUT2D eigenvalue weighted by molar-refractivity contribution is 6.02. The number of hydrogen-bond acceptors (Lipinski definition) is 5. The zero-order valence-electron chi connectivity index (χ0n) is 26.1. The Bertz CT molecular complexity index is 1790. The highest BCUT2D eigenvalue weighted by Crippen LogP contribution is 2.51. The number of rotatable bonds is 7. The maximum absolute atomic E-state index is 14.1. The van der Waals surface area contributed by atoms with E-state index in [9.17, 15) is 18.8 Å². The van der Waals surface area contributed by atoms with Gasteiger partial charge in [-0.1, -0.05) is 30.3 Å². The Morgan fingerprint density at radius 1 is 0.935 bits per heavy atom. The Kier molecular flexibility index (Phi) is 8.65. The van der Waals surface area contributed by atoms with Crippen molar-refractivity contribution in [3.63, 3.8) is 0 Å². The normalized spacial score (nSPS) is 20.8. The molecule has 1 saturated heterocycles. The van der Waals surface area contributed by atoms with Crippen molar-refractivity contribution in [1.82, 2.24) is 4.90 Å². The molecular weight excluding hydrogens is 586 g/mol. The number of anilines is 2. The molecule has 0 aromatic heterocycles. The van der Waals surface area contributed by atoms with Gasteiger partial charge in [-0.3, -0.25) is 4.90 Å². The van der Waals surface area contributed by atoms with Crippen molar-refractivity contribution in [1.29, 1.82) is 5.26 Å². The van der Waals surface area contributed by atoms with Crippen molar-refractivity contribution < 1.29 is 23.0 Å². The fourth-order valence-electron chi connectivity index (χ4n) is 7.31. The molecule has 0 spiro atoms.